The lowest BCUT2D eigenvalue weighted by Gasteiger charge is -2.22. The molecule has 128 valence electrons. The maximum Gasteiger partial charge on any atom is 0.253 e. The highest BCUT2D eigenvalue weighted by atomic mass is 32.2. The van der Waals surface area contributed by atoms with Gasteiger partial charge in [0.1, 0.15) is 0 Å². The van der Waals surface area contributed by atoms with Gasteiger partial charge in [0.05, 0.1) is 23.5 Å². The first-order valence-corrected chi connectivity index (χ1v) is 9.58. The van der Waals surface area contributed by atoms with Crippen molar-refractivity contribution in [3.63, 3.8) is 0 Å². The Labute approximate surface area is 143 Å². The molecule has 0 bridgehead atoms. The van der Waals surface area contributed by atoms with E-state index in [0.29, 0.717) is 11.3 Å². The fourth-order valence-electron chi connectivity index (χ4n) is 2.46. The van der Waals surface area contributed by atoms with E-state index in [2.05, 4.69) is 5.32 Å². The molecule has 0 radical (unpaired) electrons. The lowest BCUT2D eigenvalue weighted by atomic mass is 10.0. The summed E-state index contributed by atoms with van der Waals surface area (Å²) in [4.78, 5) is 12.7. The number of anilines is 1. The molecule has 0 aromatic heterocycles. The highest BCUT2D eigenvalue weighted by molar-refractivity contribution is 7.92. The monoisotopic (exact) mass is 346 g/mol. The van der Waals surface area contributed by atoms with Crippen molar-refractivity contribution in [2.45, 2.75) is 19.4 Å². The second-order valence-corrected chi connectivity index (χ2v) is 7.61. The lowest BCUT2D eigenvalue weighted by Crippen LogP contribution is -2.32. The fourth-order valence-corrected chi connectivity index (χ4v) is 2.98. The van der Waals surface area contributed by atoms with E-state index in [1.807, 2.05) is 37.3 Å². The summed E-state index contributed by atoms with van der Waals surface area (Å²) in [7, 11) is -2.00. The van der Waals surface area contributed by atoms with Gasteiger partial charge in [-0.3, -0.25) is 9.10 Å². The second kappa shape index (κ2) is 7.49. The third-order valence-electron chi connectivity index (χ3n) is 3.90. The average molecular weight is 346 g/mol. The number of carbonyl (C=O) groups excluding carboxylic acids is 1. The highest BCUT2D eigenvalue weighted by Gasteiger charge is 2.21. The molecule has 2 aromatic carbocycles. The van der Waals surface area contributed by atoms with Crippen LogP contribution in [0, 0.1) is 0 Å². The van der Waals surface area contributed by atoms with Gasteiger partial charge in [-0.05, 0) is 24.1 Å². The van der Waals surface area contributed by atoms with E-state index in [0.717, 1.165) is 22.5 Å². The van der Waals surface area contributed by atoms with Gasteiger partial charge in [-0.1, -0.05) is 49.4 Å². The van der Waals surface area contributed by atoms with Gasteiger partial charge in [-0.2, -0.15) is 0 Å². The number of carbonyl (C=O) groups is 1. The minimum Gasteiger partial charge on any atom is -0.345 e. The molecule has 6 heteroatoms. The quantitative estimate of drug-likeness (QED) is 0.874. The number of hydrogen-bond acceptors (Lipinski definition) is 3. The Morgan fingerprint density at radius 1 is 1.08 bits per heavy atom. The van der Waals surface area contributed by atoms with E-state index in [9.17, 15) is 13.2 Å². The van der Waals surface area contributed by atoms with Crippen LogP contribution in [0.4, 0.5) is 5.69 Å². The third kappa shape index (κ3) is 4.14. The molecule has 0 spiro atoms. The van der Waals surface area contributed by atoms with Crippen molar-refractivity contribution in [1.82, 2.24) is 5.32 Å². The number of nitrogens with zero attached hydrogens (tertiary/aromatic N) is 1. The standard InChI is InChI=1S/C18H22N2O3S/c1-4-16(14-10-6-5-7-11-14)19-18(21)15-12-8-9-13-17(15)20(2)24(3,22)23/h5-13,16H,4H2,1-3H3,(H,19,21)/t16-/m1/s1. The van der Waals surface area contributed by atoms with E-state index in [1.54, 1.807) is 24.3 Å². The first-order valence-electron chi connectivity index (χ1n) is 7.73. The van der Waals surface area contributed by atoms with E-state index in [4.69, 9.17) is 0 Å². The van der Waals surface area contributed by atoms with Crippen molar-refractivity contribution in [3.05, 3.63) is 65.7 Å². The molecule has 2 rings (SSSR count). The van der Waals surface area contributed by atoms with Crippen molar-refractivity contribution < 1.29 is 13.2 Å². The zero-order chi connectivity index (χ0) is 17.7. The average Bonchev–Trinajstić information content (AvgIpc) is 2.58. The zero-order valence-electron chi connectivity index (χ0n) is 14.1. The Kier molecular flexibility index (Phi) is 5.62. The summed E-state index contributed by atoms with van der Waals surface area (Å²) in [5.74, 6) is -0.295. The first kappa shape index (κ1) is 18.0. The molecular formula is C18H22N2O3S. The van der Waals surface area contributed by atoms with Crippen LogP contribution in [0.5, 0.6) is 0 Å². The second-order valence-electron chi connectivity index (χ2n) is 5.59. The number of para-hydroxylation sites is 1. The lowest BCUT2D eigenvalue weighted by molar-refractivity contribution is 0.0936. The molecule has 0 aliphatic heterocycles. The summed E-state index contributed by atoms with van der Waals surface area (Å²) >= 11 is 0. The predicted molar refractivity (Wildman–Crippen MR) is 96.6 cm³/mol. The Bertz CT molecular complexity index is 804. The summed E-state index contributed by atoms with van der Waals surface area (Å²) in [6.07, 6.45) is 1.85. The summed E-state index contributed by atoms with van der Waals surface area (Å²) in [6, 6.07) is 16.3. The smallest absolute Gasteiger partial charge is 0.253 e. The maximum absolute atomic E-state index is 12.7. The van der Waals surface area contributed by atoms with E-state index >= 15 is 0 Å². The number of hydrogen-bond donors (Lipinski definition) is 1. The van der Waals surface area contributed by atoms with E-state index in [1.165, 1.54) is 7.05 Å². The molecule has 5 nitrogen and oxygen atoms in total. The van der Waals surface area contributed by atoms with Gasteiger partial charge in [0, 0.05) is 7.05 Å². The minimum absolute atomic E-state index is 0.129. The minimum atomic E-state index is -3.44. The topological polar surface area (TPSA) is 66.5 Å². The molecule has 0 aliphatic rings. The summed E-state index contributed by atoms with van der Waals surface area (Å²) in [5.41, 5.74) is 1.71. The van der Waals surface area contributed by atoms with Crippen molar-refractivity contribution in [2.75, 3.05) is 17.6 Å². The van der Waals surface area contributed by atoms with Gasteiger partial charge < -0.3 is 5.32 Å². The van der Waals surface area contributed by atoms with Crippen LogP contribution in [0.15, 0.2) is 54.6 Å². The molecular weight excluding hydrogens is 324 g/mol. The maximum atomic E-state index is 12.7. The Balaban J connectivity index is 2.30. The molecule has 0 saturated heterocycles. The van der Waals surface area contributed by atoms with Crippen LogP contribution in [0.1, 0.15) is 35.3 Å². The predicted octanol–water partition coefficient (Wildman–Crippen LogP) is 2.96. The molecule has 1 N–H and O–H groups in total. The Morgan fingerprint density at radius 3 is 2.25 bits per heavy atom. The van der Waals surface area contributed by atoms with Crippen LogP contribution in [-0.2, 0) is 10.0 Å². The number of rotatable bonds is 6. The van der Waals surface area contributed by atoms with Crippen LogP contribution in [0.25, 0.3) is 0 Å². The molecule has 1 atom stereocenters. The summed E-state index contributed by atoms with van der Waals surface area (Å²) in [5, 5.41) is 2.99. The Hall–Kier alpha value is -2.34. The van der Waals surface area contributed by atoms with Crippen LogP contribution in [0.3, 0.4) is 0 Å². The van der Waals surface area contributed by atoms with Crippen LogP contribution in [-0.4, -0.2) is 27.6 Å². The number of nitrogens with one attached hydrogen (secondary N) is 1. The van der Waals surface area contributed by atoms with Crippen molar-refractivity contribution in [2.24, 2.45) is 0 Å². The van der Waals surface area contributed by atoms with Crippen molar-refractivity contribution in [3.8, 4) is 0 Å². The molecule has 0 fully saturated rings. The highest BCUT2D eigenvalue weighted by Crippen LogP contribution is 2.23. The molecule has 1 amide bonds. The van der Waals surface area contributed by atoms with Gasteiger partial charge >= 0.3 is 0 Å². The number of amides is 1. The van der Waals surface area contributed by atoms with Crippen molar-refractivity contribution in [1.29, 1.82) is 0 Å². The SMILES string of the molecule is CC[C@@H](NC(=O)c1ccccc1N(C)S(C)(=O)=O)c1ccccc1. The molecule has 0 saturated carbocycles. The molecule has 24 heavy (non-hydrogen) atoms. The fraction of sp³-hybridized carbons (Fsp3) is 0.278. The van der Waals surface area contributed by atoms with Crippen LogP contribution in [0.2, 0.25) is 0 Å². The van der Waals surface area contributed by atoms with Crippen LogP contribution >= 0.6 is 0 Å². The van der Waals surface area contributed by atoms with Crippen molar-refractivity contribution >= 4 is 21.6 Å². The molecule has 2 aromatic rings. The molecule has 0 aliphatic carbocycles. The largest absolute Gasteiger partial charge is 0.345 e. The van der Waals surface area contributed by atoms with E-state index in [-0.39, 0.29) is 11.9 Å². The first-order chi connectivity index (χ1) is 11.3. The number of sulfonamides is 1. The third-order valence-corrected chi connectivity index (χ3v) is 5.09. The van der Waals surface area contributed by atoms with Gasteiger partial charge in [-0.15, -0.1) is 0 Å². The van der Waals surface area contributed by atoms with Gasteiger partial charge in [0.15, 0.2) is 0 Å². The number of benzene rings is 2. The zero-order valence-corrected chi connectivity index (χ0v) is 14.9. The normalized spacial score (nSPS) is 12.5. The molecule has 0 unspecified atom stereocenters. The van der Waals surface area contributed by atoms with E-state index < -0.39 is 10.0 Å². The summed E-state index contributed by atoms with van der Waals surface area (Å²) in [6.45, 7) is 1.99. The van der Waals surface area contributed by atoms with Gasteiger partial charge in [-0.25, -0.2) is 8.42 Å². The van der Waals surface area contributed by atoms with Crippen LogP contribution < -0.4 is 9.62 Å². The van der Waals surface area contributed by atoms with Gasteiger partial charge in [0.2, 0.25) is 10.0 Å². The molecule has 0 heterocycles. The summed E-state index contributed by atoms with van der Waals surface area (Å²) < 4.78 is 24.7. The Morgan fingerprint density at radius 2 is 1.67 bits per heavy atom. The van der Waals surface area contributed by atoms with Gasteiger partial charge in [0.25, 0.3) is 5.91 Å².